The molecule has 28 heavy (non-hydrogen) atoms. The molecule has 0 radical (unpaired) electrons. The Morgan fingerprint density at radius 1 is 1.39 bits per heavy atom. The number of pyridine rings is 1. The number of halogens is 1. The summed E-state index contributed by atoms with van der Waals surface area (Å²) in [4.78, 5) is 27.5. The van der Waals surface area contributed by atoms with E-state index < -0.39 is 17.2 Å². The van der Waals surface area contributed by atoms with Gasteiger partial charge in [-0.15, -0.1) is 0 Å². The molecule has 0 bridgehead atoms. The van der Waals surface area contributed by atoms with E-state index >= 15 is 4.39 Å². The van der Waals surface area contributed by atoms with Crippen LogP contribution in [0.25, 0.3) is 10.9 Å². The molecular weight excluding hydrogens is 385 g/mol. The van der Waals surface area contributed by atoms with E-state index in [9.17, 15) is 9.59 Å². The maximum absolute atomic E-state index is 15.2. The predicted octanol–water partition coefficient (Wildman–Crippen LogP) is 1.46. The Bertz CT molecular complexity index is 1000. The number of aromatic nitrogens is 1. The maximum atomic E-state index is 15.2. The first-order valence-electron chi connectivity index (χ1n) is 9.30. The fourth-order valence-electron chi connectivity index (χ4n) is 3.68. The fourth-order valence-corrected chi connectivity index (χ4v) is 4.62. The SMILES string of the molecule is Cc1c(F)c(N2CCNCC2)cc2c1c(=O)c(C(=O)OCCCO)c1n2CS1. The van der Waals surface area contributed by atoms with Gasteiger partial charge in [-0.1, -0.05) is 11.8 Å². The van der Waals surface area contributed by atoms with Crippen LogP contribution in [-0.2, 0) is 10.6 Å². The van der Waals surface area contributed by atoms with Crippen LogP contribution in [-0.4, -0.2) is 55.0 Å². The first kappa shape index (κ1) is 19.2. The second-order valence-corrected chi connectivity index (χ2v) is 7.82. The number of aliphatic hydroxyl groups excluding tert-OH is 1. The number of nitrogens with zero attached hydrogens (tertiary/aromatic N) is 2. The minimum atomic E-state index is -0.720. The van der Waals surface area contributed by atoms with Crippen LogP contribution in [0.2, 0.25) is 0 Å². The number of benzene rings is 1. The standard InChI is InChI=1S/C19H22FN3O4S/c1-11-14-12(9-13(16(11)20)22-5-3-21-4-6-22)23-10-28-18(23)15(17(14)25)19(26)27-8-2-7-24/h9,21,24H,2-8,10H2,1H3. The smallest absolute Gasteiger partial charge is 0.344 e. The van der Waals surface area contributed by atoms with E-state index in [1.165, 1.54) is 11.8 Å². The summed E-state index contributed by atoms with van der Waals surface area (Å²) in [7, 11) is 0. The number of esters is 1. The number of aliphatic hydroxyl groups is 1. The number of piperazine rings is 1. The van der Waals surface area contributed by atoms with Gasteiger partial charge in [0.25, 0.3) is 0 Å². The number of fused-ring (bicyclic) bond motifs is 3. The van der Waals surface area contributed by atoms with Gasteiger partial charge in [-0.25, -0.2) is 9.18 Å². The van der Waals surface area contributed by atoms with Crippen molar-refractivity contribution in [3.8, 4) is 0 Å². The lowest BCUT2D eigenvalue weighted by Gasteiger charge is -2.32. The third-order valence-electron chi connectivity index (χ3n) is 5.19. The van der Waals surface area contributed by atoms with Gasteiger partial charge < -0.3 is 24.6 Å². The lowest BCUT2D eigenvalue weighted by Crippen LogP contribution is -2.44. The van der Waals surface area contributed by atoms with Gasteiger partial charge in [0.05, 0.1) is 34.1 Å². The van der Waals surface area contributed by atoms with E-state index in [0.29, 0.717) is 41.6 Å². The van der Waals surface area contributed by atoms with Crippen LogP contribution >= 0.6 is 11.8 Å². The van der Waals surface area contributed by atoms with Gasteiger partial charge in [0.1, 0.15) is 11.4 Å². The van der Waals surface area contributed by atoms with Crippen LogP contribution in [0.3, 0.4) is 0 Å². The highest BCUT2D eigenvalue weighted by atomic mass is 32.2. The van der Waals surface area contributed by atoms with E-state index in [4.69, 9.17) is 9.84 Å². The second-order valence-electron chi connectivity index (χ2n) is 6.89. The Balaban J connectivity index is 1.85. The highest BCUT2D eigenvalue weighted by Gasteiger charge is 2.31. The molecular formula is C19H22FN3O4S. The number of thioether (sulfide) groups is 1. The number of hydrogen-bond donors (Lipinski definition) is 2. The van der Waals surface area contributed by atoms with Crippen molar-refractivity contribution in [3.63, 3.8) is 0 Å². The normalized spacial score (nSPS) is 16.0. The average molecular weight is 407 g/mol. The van der Waals surface area contributed by atoms with Crippen LogP contribution in [0.4, 0.5) is 10.1 Å². The van der Waals surface area contributed by atoms with Crippen molar-refractivity contribution in [2.75, 3.05) is 44.3 Å². The van der Waals surface area contributed by atoms with Crippen LogP contribution in [0.15, 0.2) is 15.9 Å². The highest BCUT2D eigenvalue weighted by Crippen LogP contribution is 2.39. The Labute approximate surface area is 165 Å². The van der Waals surface area contributed by atoms with E-state index in [2.05, 4.69) is 5.32 Å². The molecule has 2 N–H and O–H groups in total. The average Bonchev–Trinajstić information content (AvgIpc) is 2.67. The van der Waals surface area contributed by atoms with Crippen LogP contribution in [0, 0.1) is 12.7 Å². The molecule has 4 rings (SSSR count). The van der Waals surface area contributed by atoms with Crippen molar-refractivity contribution in [2.24, 2.45) is 0 Å². The number of ether oxygens (including phenoxy) is 1. The second kappa shape index (κ2) is 7.73. The molecule has 7 nitrogen and oxygen atoms in total. The molecule has 0 saturated carbocycles. The van der Waals surface area contributed by atoms with E-state index in [0.717, 1.165) is 13.1 Å². The molecule has 2 aliphatic heterocycles. The summed E-state index contributed by atoms with van der Waals surface area (Å²) < 4.78 is 22.2. The number of carbonyl (C=O) groups is 1. The Hall–Kier alpha value is -2.10. The minimum absolute atomic E-state index is 0.0339. The van der Waals surface area contributed by atoms with Gasteiger partial charge in [0, 0.05) is 44.8 Å². The number of nitrogens with one attached hydrogen (secondary N) is 1. The van der Waals surface area contributed by atoms with Crippen molar-refractivity contribution < 1.29 is 19.0 Å². The van der Waals surface area contributed by atoms with Crippen molar-refractivity contribution in [1.82, 2.24) is 9.88 Å². The minimum Gasteiger partial charge on any atom is -0.462 e. The number of aryl methyl sites for hydroxylation is 1. The number of rotatable bonds is 5. The molecule has 2 aromatic rings. The molecule has 1 saturated heterocycles. The maximum Gasteiger partial charge on any atom is 0.344 e. The molecule has 1 aromatic carbocycles. The molecule has 0 atom stereocenters. The van der Waals surface area contributed by atoms with Crippen molar-refractivity contribution in [1.29, 1.82) is 0 Å². The molecule has 150 valence electrons. The Morgan fingerprint density at radius 2 is 2.14 bits per heavy atom. The molecule has 0 spiro atoms. The largest absolute Gasteiger partial charge is 0.462 e. The number of carbonyl (C=O) groups excluding carboxylic acids is 1. The molecule has 1 fully saturated rings. The summed E-state index contributed by atoms with van der Waals surface area (Å²) in [6.07, 6.45) is 0.303. The molecule has 3 heterocycles. The first-order valence-corrected chi connectivity index (χ1v) is 10.3. The molecule has 0 unspecified atom stereocenters. The van der Waals surface area contributed by atoms with Crippen molar-refractivity contribution >= 4 is 34.3 Å². The van der Waals surface area contributed by atoms with Gasteiger partial charge in [-0.2, -0.15) is 0 Å². The quantitative estimate of drug-likeness (QED) is 0.574. The summed E-state index contributed by atoms with van der Waals surface area (Å²) in [6.45, 7) is 4.48. The van der Waals surface area contributed by atoms with Crippen LogP contribution in [0.5, 0.6) is 0 Å². The highest BCUT2D eigenvalue weighted by molar-refractivity contribution is 7.99. The summed E-state index contributed by atoms with van der Waals surface area (Å²) in [5.41, 5.74) is 0.867. The third-order valence-corrected chi connectivity index (χ3v) is 6.28. The fraction of sp³-hybridized carbons (Fsp3) is 0.474. The summed E-state index contributed by atoms with van der Waals surface area (Å²) in [5, 5.41) is 12.9. The zero-order chi connectivity index (χ0) is 19.8. The molecule has 1 aromatic heterocycles. The lowest BCUT2D eigenvalue weighted by molar-refractivity contribution is 0.0474. The molecule has 2 aliphatic rings. The topological polar surface area (TPSA) is 83.8 Å². The van der Waals surface area contributed by atoms with Crippen LogP contribution < -0.4 is 15.6 Å². The Kier molecular flexibility index (Phi) is 5.31. The Morgan fingerprint density at radius 3 is 2.79 bits per heavy atom. The summed E-state index contributed by atoms with van der Waals surface area (Å²) >= 11 is 1.40. The number of hydrogen-bond acceptors (Lipinski definition) is 7. The van der Waals surface area contributed by atoms with Gasteiger partial charge in [0.15, 0.2) is 0 Å². The number of anilines is 1. The monoisotopic (exact) mass is 407 g/mol. The zero-order valence-corrected chi connectivity index (χ0v) is 16.4. The van der Waals surface area contributed by atoms with Gasteiger partial charge >= 0.3 is 5.97 Å². The predicted molar refractivity (Wildman–Crippen MR) is 106 cm³/mol. The molecule has 0 amide bonds. The van der Waals surface area contributed by atoms with Gasteiger partial charge in [-0.05, 0) is 13.0 Å². The van der Waals surface area contributed by atoms with Crippen molar-refractivity contribution in [3.05, 3.63) is 33.2 Å². The van der Waals surface area contributed by atoms with Crippen molar-refractivity contribution in [2.45, 2.75) is 24.2 Å². The summed E-state index contributed by atoms with van der Waals surface area (Å²) in [6, 6.07) is 1.73. The molecule has 0 aliphatic carbocycles. The first-order chi connectivity index (χ1) is 13.5. The van der Waals surface area contributed by atoms with Gasteiger partial charge in [0.2, 0.25) is 5.43 Å². The molecule has 9 heteroatoms. The lowest BCUT2D eigenvalue weighted by atomic mass is 10.0. The van der Waals surface area contributed by atoms with Crippen LogP contribution in [0.1, 0.15) is 22.3 Å². The zero-order valence-electron chi connectivity index (χ0n) is 15.6. The summed E-state index contributed by atoms with van der Waals surface area (Å²) in [5.74, 6) is -0.546. The van der Waals surface area contributed by atoms with E-state index in [-0.39, 0.29) is 29.7 Å². The van der Waals surface area contributed by atoms with Gasteiger partial charge in [-0.3, -0.25) is 4.79 Å². The van der Waals surface area contributed by atoms with E-state index in [1.54, 1.807) is 13.0 Å². The third kappa shape index (κ3) is 3.07. The van der Waals surface area contributed by atoms with E-state index in [1.807, 2.05) is 9.47 Å².